The Morgan fingerprint density at radius 2 is 1.95 bits per heavy atom. The molecule has 114 valence electrons. The Hall–Kier alpha value is -1.72. The van der Waals surface area contributed by atoms with E-state index in [-0.39, 0.29) is 6.61 Å². The van der Waals surface area contributed by atoms with Crippen molar-refractivity contribution in [2.75, 3.05) is 19.7 Å². The summed E-state index contributed by atoms with van der Waals surface area (Å²) in [5.41, 5.74) is 2.13. The Morgan fingerprint density at radius 3 is 2.62 bits per heavy atom. The molecule has 1 aromatic carbocycles. The third-order valence-corrected chi connectivity index (χ3v) is 3.38. The summed E-state index contributed by atoms with van der Waals surface area (Å²) in [4.78, 5) is 6.59. The quantitative estimate of drug-likeness (QED) is 0.809. The van der Waals surface area contributed by atoms with E-state index in [1.54, 1.807) is 0 Å². The van der Waals surface area contributed by atoms with Crippen molar-refractivity contribution >= 4 is 0 Å². The Morgan fingerprint density at radius 1 is 1.19 bits per heavy atom. The minimum atomic E-state index is 0.145. The lowest BCUT2D eigenvalue weighted by Gasteiger charge is -2.18. The van der Waals surface area contributed by atoms with Crippen LogP contribution in [0.3, 0.4) is 0 Å². The largest absolute Gasteiger partial charge is 0.395 e. The first-order chi connectivity index (χ1) is 10.2. The van der Waals surface area contributed by atoms with Crippen LogP contribution in [0.4, 0.5) is 0 Å². The molecule has 21 heavy (non-hydrogen) atoms. The van der Waals surface area contributed by atoms with Crippen molar-refractivity contribution in [3.8, 4) is 11.5 Å². The van der Waals surface area contributed by atoms with Crippen LogP contribution in [0.1, 0.15) is 31.2 Å². The lowest BCUT2D eigenvalue weighted by Crippen LogP contribution is -2.28. The van der Waals surface area contributed by atoms with Crippen LogP contribution < -0.4 is 0 Å². The number of rotatable bonds is 8. The number of hydrogen-bond donors (Lipinski definition) is 1. The molecule has 5 nitrogen and oxygen atoms in total. The second-order valence-electron chi connectivity index (χ2n) is 5.24. The Kier molecular flexibility index (Phi) is 5.90. The molecule has 0 fully saturated rings. The summed E-state index contributed by atoms with van der Waals surface area (Å²) in [6.07, 6.45) is 2.23. The van der Waals surface area contributed by atoms with Crippen molar-refractivity contribution in [1.82, 2.24) is 15.0 Å². The zero-order valence-corrected chi connectivity index (χ0v) is 12.7. The second kappa shape index (κ2) is 7.90. The second-order valence-corrected chi connectivity index (χ2v) is 5.24. The number of aliphatic hydroxyl groups is 1. The maximum atomic E-state index is 9.12. The lowest BCUT2D eigenvalue weighted by atomic mass is 10.1. The summed E-state index contributed by atoms with van der Waals surface area (Å²) in [5.74, 6) is 1.21. The van der Waals surface area contributed by atoms with Crippen LogP contribution in [-0.2, 0) is 6.54 Å². The monoisotopic (exact) mass is 289 g/mol. The molecule has 0 aliphatic carbocycles. The highest BCUT2D eigenvalue weighted by Crippen LogP contribution is 2.18. The van der Waals surface area contributed by atoms with Gasteiger partial charge >= 0.3 is 0 Å². The molecule has 2 rings (SSSR count). The van der Waals surface area contributed by atoms with Gasteiger partial charge in [0.25, 0.3) is 5.89 Å². The van der Waals surface area contributed by atoms with E-state index in [2.05, 4.69) is 22.0 Å². The van der Waals surface area contributed by atoms with Crippen LogP contribution in [0, 0.1) is 6.92 Å². The molecule has 1 aromatic heterocycles. The minimum Gasteiger partial charge on any atom is -0.395 e. The number of aryl methyl sites for hydroxylation is 1. The van der Waals surface area contributed by atoms with Gasteiger partial charge in [-0.3, -0.25) is 4.90 Å². The highest BCUT2D eigenvalue weighted by Gasteiger charge is 2.12. The molecule has 5 heteroatoms. The van der Waals surface area contributed by atoms with Crippen molar-refractivity contribution in [2.45, 2.75) is 33.2 Å². The number of hydrogen-bond acceptors (Lipinski definition) is 5. The molecule has 0 saturated heterocycles. The smallest absolute Gasteiger partial charge is 0.257 e. The van der Waals surface area contributed by atoms with Gasteiger partial charge in [-0.05, 0) is 32.0 Å². The van der Waals surface area contributed by atoms with Gasteiger partial charge in [-0.2, -0.15) is 4.98 Å². The van der Waals surface area contributed by atoms with E-state index in [1.807, 2.05) is 31.2 Å². The van der Waals surface area contributed by atoms with Crippen LogP contribution >= 0.6 is 0 Å². The number of nitrogens with zero attached hydrogens (tertiary/aromatic N) is 3. The first-order valence-electron chi connectivity index (χ1n) is 7.45. The van der Waals surface area contributed by atoms with E-state index in [0.717, 1.165) is 24.9 Å². The van der Waals surface area contributed by atoms with E-state index in [1.165, 1.54) is 5.56 Å². The molecular formula is C16H23N3O2. The fourth-order valence-corrected chi connectivity index (χ4v) is 2.12. The van der Waals surface area contributed by atoms with Gasteiger partial charge < -0.3 is 9.63 Å². The van der Waals surface area contributed by atoms with E-state index in [4.69, 9.17) is 9.63 Å². The maximum Gasteiger partial charge on any atom is 0.257 e. The zero-order valence-electron chi connectivity index (χ0n) is 12.7. The topological polar surface area (TPSA) is 62.4 Å². The summed E-state index contributed by atoms with van der Waals surface area (Å²) in [7, 11) is 0. The molecule has 0 saturated carbocycles. The highest BCUT2D eigenvalue weighted by molar-refractivity contribution is 5.53. The molecule has 0 aliphatic rings. The molecule has 2 aromatic rings. The number of aliphatic hydroxyl groups excluding tert-OH is 1. The number of aromatic nitrogens is 2. The third kappa shape index (κ3) is 4.65. The maximum absolute atomic E-state index is 9.12. The lowest BCUT2D eigenvalue weighted by molar-refractivity contribution is 0.184. The van der Waals surface area contributed by atoms with Crippen LogP contribution in [0.2, 0.25) is 0 Å². The summed E-state index contributed by atoms with van der Waals surface area (Å²) >= 11 is 0. The number of benzene rings is 1. The van der Waals surface area contributed by atoms with Crippen molar-refractivity contribution in [3.05, 3.63) is 35.7 Å². The van der Waals surface area contributed by atoms with E-state index in [9.17, 15) is 0 Å². The minimum absolute atomic E-state index is 0.145. The van der Waals surface area contributed by atoms with Gasteiger partial charge in [0.15, 0.2) is 5.82 Å². The first-order valence-corrected chi connectivity index (χ1v) is 7.45. The molecule has 0 bridgehead atoms. The van der Waals surface area contributed by atoms with Gasteiger partial charge in [0.1, 0.15) is 0 Å². The van der Waals surface area contributed by atoms with Gasteiger partial charge in [0, 0.05) is 12.1 Å². The summed E-state index contributed by atoms with van der Waals surface area (Å²) in [6, 6.07) is 8.02. The summed E-state index contributed by atoms with van der Waals surface area (Å²) in [5, 5.41) is 13.2. The van der Waals surface area contributed by atoms with Crippen molar-refractivity contribution < 1.29 is 9.63 Å². The average molecular weight is 289 g/mol. The van der Waals surface area contributed by atoms with E-state index >= 15 is 0 Å². The van der Waals surface area contributed by atoms with Crippen molar-refractivity contribution in [2.24, 2.45) is 0 Å². The predicted octanol–water partition coefficient (Wildman–Crippen LogP) is 2.64. The van der Waals surface area contributed by atoms with Crippen molar-refractivity contribution in [1.29, 1.82) is 0 Å². The molecule has 1 N–H and O–H groups in total. The highest BCUT2D eigenvalue weighted by atomic mass is 16.5. The van der Waals surface area contributed by atoms with Gasteiger partial charge in [-0.1, -0.05) is 36.2 Å². The first kappa shape index (κ1) is 15.7. The van der Waals surface area contributed by atoms with Crippen molar-refractivity contribution in [3.63, 3.8) is 0 Å². The van der Waals surface area contributed by atoms with Gasteiger partial charge in [-0.15, -0.1) is 0 Å². The Balaban J connectivity index is 2.02. The van der Waals surface area contributed by atoms with Gasteiger partial charge in [-0.25, -0.2) is 0 Å². The average Bonchev–Trinajstić information content (AvgIpc) is 2.94. The Bertz CT molecular complexity index is 537. The molecule has 0 aliphatic heterocycles. The summed E-state index contributed by atoms with van der Waals surface area (Å²) < 4.78 is 5.32. The SMILES string of the molecule is CCCCN(CCO)Cc1noc(-c2ccc(C)cc2)n1. The molecule has 1 heterocycles. The molecule has 0 radical (unpaired) electrons. The van der Waals surface area contributed by atoms with Gasteiger partial charge in [0.05, 0.1) is 13.2 Å². The predicted molar refractivity (Wildman–Crippen MR) is 81.7 cm³/mol. The summed E-state index contributed by atoms with van der Waals surface area (Å²) in [6.45, 7) is 6.52. The van der Waals surface area contributed by atoms with E-state index < -0.39 is 0 Å². The fraction of sp³-hybridized carbons (Fsp3) is 0.500. The molecule has 0 spiro atoms. The standard InChI is InChI=1S/C16H23N3O2/c1-3-4-9-19(10-11-20)12-15-17-16(21-18-15)14-7-5-13(2)6-8-14/h5-8,20H,3-4,9-12H2,1-2H3. The van der Waals surface area contributed by atoms with Crippen LogP contribution in [0.15, 0.2) is 28.8 Å². The molecule has 0 atom stereocenters. The molecule has 0 unspecified atom stereocenters. The van der Waals surface area contributed by atoms with Crippen LogP contribution in [-0.4, -0.2) is 39.8 Å². The zero-order chi connectivity index (χ0) is 15.1. The molecular weight excluding hydrogens is 266 g/mol. The third-order valence-electron chi connectivity index (χ3n) is 3.38. The fourth-order valence-electron chi connectivity index (χ4n) is 2.12. The van der Waals surface area contributed by atoms with Crippen LogP contribution in [0.25, 0.3) is 11.5 Å². The molecule has 0 amide bonds. The van der Waals surface area contributed by atoms with Gasteiger partial charge in [0.2, 0.25) is 0 Å². The van der Waals surface area contributed by atoms with Crippen LogP contribution in [0.5, 0.6) is 0 Å². The normalized spacial score (nSPS) is 11.2. The number of unbranched alkanes of at least 4 members (excludes halogenated alkanes) is 1. The Labute approximate surface area is 125 Å². The van der Waals surface area contributed by atoms with E-state index in [0.29, 0.717) is 24.8 Å².